The van der Waals surface area contributed by atoms with Gasteiger partial charge in [-0.05, 0) is 28.5 Å². The number of aromatic nitrogens is 1. The lowest BCUT2D eigenvalue weighted by Gasteiger charge is -2.28. The number of hydrogen-bond acceptors (Lipinski definition) is 3. The third-order valence-electron chi connectivity index (χ3n) is 5.65. The molecule has 0 saturated carbocycles. The molecule has 0 amide bonds. The summed E-state index contributed by atoms with van der Waals surface area (Å²) >= 11 is 0. The van der Waals surface area contributed by atoms with E-state index in [1.54, 1.807) is 0 Å². The van der Waals surface area contributed by atoms with Crippen LogP contribution in [0.4, 0.5) is 0 Å². The average molecular weight is 372 g/mol. The largest absolute Gasteiger partial charge is 0.387 e. The molecule has 1 aromatic heterocycles. The topological polar surface area (TPSA) is 48.5 Å². The van der Waals surface area contributed by atoms with Crippen LogP contribution in [0.5, 0.6) is 0 Å². The molecule has 2 N–H and O–H groups in total. The first-order valence-corrected chi connectivity index (χ1v) is 9.87. The van der Waals surface area contributed by atoms with E-state index in [1.165, 1.54) is 10.8 Å². The van der Waals surface area contributed by atoms with Crippen LogP contribution in [0.3, 0.4) is 0 Å². The number of benzene rings is 3. The van der Waals surface area contributed by atoms with Gasteiger partial charge in [-0.25, -0.2) is 0 Å². The van der Waals surface area contributed by atoms with Gasteiger partial charge >= 0.3 is 0 Å². The fourth-order valence-corrected chi connectivity index (χ4v) is 4.20. The number of nitrogens with zero attached hydrogens (tertiary/aromatic N) is 1. The lowest BCUT2D eigenvalue weighted by molar-refractivity contribution is 0.0147. The Labute approximate surface area is 164 Å². The van der Waals surface area contributed by atoms with Crippen molar-refractivity contribution in [2.75, 3.05) is 32.8 Å². The van der Waals surface area contributed by atoms with E-state index in [9.17, 15) is 5.11 Å². The summed E-state index contributed by atoms with van der Waals surface area (Å²) in [5.74, 6) is 0. The first-order chi connectivity index (χ1) is 13.8. The van der Waals surface area contributed by atoms with E-state index in [4.69, 9.17) is 4.74 Å². The van der Waals surface area contributed by atoms with Crippen LogP contribution >= 0.6 is 0 Å². The molecule has 1 unspecified atom stereocenters. The Morgan fingerprint density at radius 1 is 0.929 bits per heavy atom. The number of hydrogen-bond donors (Lipinski definition) is 2. The molecule has 1 atom stereocenters. The summed E-state index contributed by atoms with van der Waals surface area (Å²) in [6.07, 6.45) is -0.560. The third kappa shape index (κ3) is 3.20. The Morgan fingerprint density at radius 3 is 2.54 bits per heavy atom. The monoisotopic (exact) mass is 372 g/mol. The molecule has 4 nitrogen and oxygen atoms in total. The summed E-state index contributed by atoms with van der Waals surface area (Å²) in [5, 5.41) is 14.7. The van der Waals surface area contributed by atoms with Crippen LogP contribution in [0.15, 0.2) is 66.7 Å². The van der Waals surface area contributed by atoms with Gasteiger partial charge in [0, 0.05) is 36.1 Å². The molecule has 2 heterocycles. The van der Waals surface area contributed by atoms with E-state index in [0.717, 1.165) is 54.0 Å². The summed E-state index contributed by atoms with van der Waals surface area (Å²) in [5.41, 5.74) is 4.15. The van der Waals surface area contributed by atoms with Crippen molar-refractivity contribution in [3.63, 3.8) is 0 Å². The predicted molar refractivity (Wildman–Crippen MR) is 113 cm³/mol. The zero-order chi connectivity index (χ0) is 18.9. The maximum absolute atomic E-state index is 11.2. The van der Waals surface area contributed by atoms with Gasteiger partial charge in [0.25, 0.3) is 0 Å². The molecular formula is C24H24N2O2. The van der Waals surface area contributed by atoms with Gasteiger partial charge in [-0.2, -0.15) is 0 Å². The van der Waals surface area contributed by atoms with E-state index in [-0.39, 0.29) is 0 Å². The molecule has 4 heteroatoms. The number of para-hydroxylation sites is 1. The second kappa shape index (κ2) is 7.40. The Bertz CT molecular complexity index is 1110. The molecular weight excluding hydrogens is 348 g/mol. The molecule has 1 saturated heterocycles. The van der Waals surface area contributed by atoms with E-state index in [1.807, 2.05) is 12.1 Å². The highest BCUT2D eigenvalue weighted by molar-refractivity contribution is 5.94. The molecule has 1 aliphatic rings. The number of nitrogens with one attached hydrogen (secondary N) is 1. The smallest absolute Gasteiger partial charge is 0.0943 e. The first-order valence-electron chi connectivity index (χ1n) is 9.87. The normalized spacial score (nSPS) is 16.6. The lowest BCUT2D eigenvalue weighted by atomic mass is 9.98. The molecule has 0 spiro atoms. The number of H-pyrrole nitrogens is 1. The fraction of sp³-hybridized carbons (Fsp3) is 0.250. The zero-order valence-corrected chi connectivity index (χ0v) is 15.8. The second-order valence-corrected chi connectivity index (χ2v) is 7.45. The number of aromatic amines is 1. The van der Waals surface area contributed by atoms with Crippen LogP contribution in [0.2, 0.25) is 0 Å². The molecule has 1 aliphatic heterocycles. The van der Waals surface area contributed by atoms with Crippen molar-refractivity contribution in [1.82, 2.24) is 9.88 Å². The molecule has 1 fully saturated rings. The van der Waals surface area contributed by atoms with Crippen LogP contribution in [0.25, 0.3) is 32.9 Å². The molecule has 0 radical (unpaired) electrons. The van der Waals surface area contributed by atoms with Gasteiger partial charge < -0.3 is 14.8 Å². The van der Waals surface area contributed by atoms with Gasteiger partial charge in [-0.1, -0.05) is 54.6 Å². The SMILES string of the molecule is OC(CN1CCOCC1)c1c(-c2ccc3ccccc3c2)[nH]c2ccccc12. The number of fused-ring (bicyclic) bond motifs is 2. The number of ether oxygens (including phenoxy) is 1. The minimum absolute atomic E-state index is 0.560. The van der Waals surface area contributed by atoms with E-state index >= 15 is 0 Å². The molecule has 0 aliphatic carbocycles. The number of rotatable bonds is 4. The molecule has 142 valence electrons. The van der Waals surface area contributed by atoms with Gasteiger partial charge in [0.1, 0.15) is 0 Å². The molecule has 5 rings (SSSR count). The van der Waals surface area contributed by atoms with Crippen molar-refractivity contribution in [3.8, 4) is 11.3 Å². The van der Waals surface area contributed by atoms with Crippen molar-refractivity contribution in [2.24, 2.45) is 0 Å². The van der Waals surface area contributed by atoms with E-state index in [2.05, 4.69) is 64.5 Å². The summed E-state index contributed by atoms with van der Waals surface area (Å²) in [6.45, 7) is 3.82. The highest BCUT2D eigenvalue weighted by Gasteiger charge is 2.23. The van der Waals surface area contributed by atoms with Crippen LogP contribution < -0.4 is 0 Å². The standard InChI is InChI=1S/C24H24N2O2/c27-22(16-26-11-13-28-14-12-26)23-20-7-3-4-8-21(20)25-24(23)19-10-9-17-5-1-2-6-18(17)15-19/h1-10,15,22,25,27H,11-14,16H2. The van der Waals surface area contributed by atoms with Crippen molar-refractivity contribution in [3.05, 3.63) is 72.3 Å². The van der Waals surface area contributed by atoms with E-state index < -0.39 is 6.10 Å². The number of aliphatic hydroxyl groups is 1. The number of aliphatic hydroxyl groups excluding tert-OH is 1. The van der Waals surface area contributed by atoms with Crippen LogP contribution in [-0.4, -0.2) is 47.8 Å². The summed E-state index contributed by atoms with van der Waals surface area (Å²) < 4.78 is 5.45. The zero-order valence-electron chi connectivity index (χ0n) is 15.8. The minimum atomic E-state index is -0.560. The van der Waals surface area contributed by atoms with Crippen molar-refractivity contribution >= 4 is 21.7 Å². The molecule has 3 aromatic carbocycles. The van der Waals surface area contributed by atoms with Gasteiger partial charge in [-0.3, -0.25) is 4.90 Å². The lowest BCUT2D eigenvalue weighted by Crippen LogP contribution is -2.38. The van der Waals surface area contributed by atoms with Crippen LogP contribution in [0.1, 0.15) is 11.7 Å². The third-order valence-corrected chi connectivity index (χ3v) is 5.65. The van der Waals surface area contributed by atoms with Crippen molar-refractivity contribution in [1.29, 1.82) is 0 Å². The van der Waals surface area contributed by atoms with Crippen molar-refractivity contribution in [2.45, 2.75) is 6.10 Å². The molecule has 28 heavy (non-hydrogen) atoms. The molecule has 0 bridgehead atoms. The Hall–Kier alpha value is -2.66. The average Bonchev–Trinajstić information content (AvgIpc) is 3.14. The summed E-state index contributed by atoms with van der Waals surface area (Å²) in [7, 11) is 0. The Balaban J connectivity index is 1.60. The quantitative estimate of drug-likeness (QED) is 0.560. The maximum Gasteiger partial charge on any atom is 0.0943 e. The van der Waals surface area contributed by atoms with E-state index in [0.29, 0.717) is 6.54 Å². The number of morpholine rings is 1. The van der Waals surface area contributed by atoms with Crippen LogP contribution in [0, 0.1) is 0 Å². The second-order valence-electron chi connectivity index (χ2n) is 7.45. The van der Waals surface area contributed by atoms with Gasteiger partial charge in [-0.15, -0.1) is 0 Å². The summed E-state index contributed by atoms with van der Waals surface area (Å²) in [6, 6.07) is 23.1. The highest BCUT2D eigenvalue weighted by atomic mass is 16.5. The van der Waals surface area contributed by atoms with Crippen molar-refractivity contribution < 1.29 is 9.84 Å². The predicted octanol–water partition coefficient (Wildman–Crippen LogP) is 4.35. The maximum atomic E-state index is 11.2. The highest BCUT2D eigenvalue weighted by Crippen LogP contribution is 2.36. The number of β-amino-alcohol motifs (C(OH)–C–C–N with tert-alkyl or cyclic N) is 1. The van der Waals surface area contributed by atoms with Gasteiger partial charge in [0.2, 0.25) is 0 Å². The van der Waals surface area contributed by atoms with Gasteiger partial charge in [0.05, 0.1) is 25.0 Å². The van der Waals surface area contributed by atoms with Crippen LogP contribution in [-0.2, 0) is 4.74 Å². The van der Waals surface area contributed by atoms with Gasteiger partial charge in [0.15, 0.2) is 0 Å². The fourth-order valence-electron chi connectivity index (χ4n) is 4.20. The molecule has 4 aromatic rings. The Morgan fingerprint density at radius 2 is 1.68 bits per heavy atom. The first kappa shape index (κ1) is 17.4. The summed E-state index contributed by atoms with van der Waals surface area (Å²) in [4.78, 5) is 5.84. The minimum Gasteiger partial charge on any atom is -0.387 e. The Kier molecular flexibility index (Phi) is 4.61.